The molecule has 92 valence electrons. The number of carbonyl (C=O) groups excluding carboxylic acids is 2. The molecule has 5 nitrogen and oxygen atoms in total. The lowest BCUT2D eigenvalue weighted by molar-refractivity contribution is -0.134. The Morgan fingerprint density at radius 1 is 1.33 bits per heavy atom. The molecule has 1 aliphatic heterocycles. The molecule has 1 fully saturated rings. The minimum absolute atomic E-state index is 0.206. The summed E-state index contributed by atoms with van der Waals surface area (Å²) in [6, 6.07) is 5.72. The first kappa shape index (κ1) is 11.4. The highest BCUT2D eigenvalue weighted by molar-refractivity contribution is 9.10. The van der Waals surface area contributed by atoms with Crippen molar-refractivity contribution in [2.24, 2.45) is 0 Å². The van der Waals surface area contributed by atoms with E-state index in [4.69, 9.17) is 0 Å². The summed E-state index contributed by atoms with van der Waals surface area (Å²) in [7, 11) is 0. The molecule has 18 heavy (non-hydrogen) atoms. The number of piperidine rings is 1. The minimum atomic E-state index is -0.325. The summed E-state index contributed by atoms with van der Waals surface area (Å²) < 4.78 is 0.941. The van der Waals surface area contributed by atoms with Crippen molar-refractivity contribution < 1.29 is 9.59 Å². The summed E-state index contributed by atoms with van der Waals surface area (Å²) in [6.45, 7) is 0. The highest BCUT2D eigenvalue weighted by Crippen LogP contribution is 2.30. The standard InChI is InChI=1S/C12H10BrN3O2/c13-6-1-2-7-9(5-6)15-16-11(7)8-3-4-10(17)14-12(8)18/h1-2,5,8H,3-4H2,(H,15,16)(H,14,17,18). The molecule has 2 heterocycles. The lowest BCUT2D eigenvalue weighted by Gasteiger charge is -2.19. The van der Waals surface area contributed by atoms with Crippen molar-refractivity contribution in [1.29, 1.82) is 0 Å². The molecule has 2 aromatic rings. The number of hydrogen-bond acceptors (Lipinski definition) is 3. The number of amides is 2. The number of halogens is 1. The summed E-state index contributed by atoms with van der Waals surface area (Å²) >= 11 is 3.38. The van der Waals surface area contributed by atoms with Crippen molar-refractivity contribution >= 4 is 38.6 Å². The zero-order valence-electron chi connectivity index (χ0n) is 9.37. The number of hydrogen-bond donors (Lipinski definition) is 2. The fraction of sp³-hybridized carbons (Fsp3) is 0.250. The van der Waals surface area contributed by atoms with Crippen molar-refractivity contribution in [3.8, 4) is 0 Å². The molecule has 0 aliphatic carbocycles. The van der Waals surface area contributed by atoms with Crippen LogP contribution in [0.3, 0.4) is 0 Å². The first-order valence-corrected chi connectivity index (χ1v) is 6.41. The van der Waals surface area contributed by atoms with Gasteiger partial charge in [0, 0.05) is 16.3 Å². The van der Waals surface area contributed by atoms with E-state index in [-0.39, 0.29) is 17.7 Å². The van der Waals surface area contributed by atoms with Crippen LogP contribution >= 0.6 is 15.9 Å². The van der Waals surface area contributed by atoms with Gasteiger partial charge >= 0.3 is 0 Å². The molecule has 0 radical (unpaired) electrons. The molecule has 1 saturated heterocycles. The highest BCUT2D eigenvalue weighted by atomic mass is 79.9. The third-order valence-electron chi connectivity index (χ3n) is 3.13. The number of rotatable bonds is 1. The molecular weight excluding hydrogens is 298 g/mol. The molecule has 1 aromatic carbocycles. The van der Waals surface area contributed by atoms with E-state index in [0.29, 0.717) is 12.8 Å². The Morgan fingerprint density at radius 2 is 2.17 bits per heavy atom. The predicted octanol–water partition coefficient (Wildman–Crippen LogP) is 1.85. The van der Waals surface area contributed by atoms with Crippen molar-refractivity contribution in [3.05, 3.63) is 28.4 Å². The monoisotopic (exact) mass is 307 g/mol. The Hall–Kier alpha value is -1.69. The summed E-state index contributed by atoms with van der Waals surface area (Å²) in [5.74, 6) is -0.781. The number of aromatic nitrogens is 2. The van der Waals surface area contributed by atoms with E-state index in [9.17, 15) is 9.59 Å². The molecule has 0 bridgehead atoms. The second-order valence-electron chi connectivity index (χ2n) is 4.30. The number of H-pyrrole nitrogens is 1. The van der Waals surface area contributed by atoms with Crippen LogP contribution in [-0.4, -0.2) is 22.0 Å². The number of imide groups is 1. The van der Waals surface area contributed by atoms with Gasteiger partial charge in [-0.05, 0) is 24.6 Å². The quantitative estimate of drug-likeness (QED) is 0.790. The smallest absolute Gasteiger partial charge is 0.235 e. The van der Waals surface area contributed by atoms with Crippen molar-refractivity contribution in [1.82, 2.24) is 15.5 Å². The molecule has 2 N–H and O–H groups in total. The van der Waals surface area contributed by atoms with Gasteiger partial charge in [0.05, 0.1) is 17.1 Å². The van der Waals surface area contributed by atoms with Gasteiger partial charge in [-0.25, -0.2) is 0 Å². The summed E-state index contributed by atoms with van der Waals surface area (Å²) in [4.78, 5) is 23.0. The fourth-order valence-electron chi connectivity index (χ4n) is 2.24. The fourth-order valence-corrected chi connectivity index (χ4v) is 2.59. The van der Waals surface area contributed by atoms with Gasteiger partial charge in [-0.2, -0.15) is 5.10 Å². The number of benzene rings is 1. The number of fused-ring (bicyclic) bond motifs is 1. The van der Waals surface area contributed by atoms with E-state index in [1.165, 1.54) is 0 Å². The Bertz CT molecular complexity index is 650. The van der Waals surface area contributed by atoms with Crippen LogP contribution in [0.15, 0.2) is 22.7 Å². The van der Waals surface area contributed by atoms with Gasteiger partial charge in [-0.1, -0.05) is 15.9 Å². The van der Waals surface area contributed by atoms with Crippen LogP contribution in [-0.2, 0) is 9.59 Å². The maximum atomic E-state index is 11.8. The van der Waals surface area contributed by atoms with Gasteiger partial charge < -0.3 is 0 Å². The van der Waals surface area contributed by atoms with Crippen LogP contribution < -0.4 is 5.32 Å². The van der Waals surface area contributed by atoms with Crippen LogP contribution in [0.2, 0.25) is 0 Å². The molecular formula is C12H10BrN3O2. The van der Waals surface area contributed by atoms with Crippen LogP contribution in [0.25, 0.3) is 10.9 Å². The minimum Gasteiger partial charge on any atom is -0.296 e. The van der Waals surface area contributed by atoms with E-state index in [1.54, 1.807) is 0 Å². The number of carbonyl (C=O) groups is 2. The molecule has 6 heteroatoms. The van der Waals surface area contributed by atoms with E-state index >= 15 is 0 Å². The van der Waals surface area contributed by atoms with Crippen molar-refractivity contribution in [2.75, 3.05) is 0 Å². The van der Waals surface area contributed by atoms with Gasteiger partial charge in [0.25, 0.3) is 0 Å². The Balaban J connectivity index is 2.04. The summed E-state index contributed by atoms with van der Waals surface area (Å²) in [5.41, 5.74) is 1.59. The van der Waals surface area contributed by atoms with Gasteiger partial charge in [0.1, 0.15) is 0 Å². The van der Waals surface area contributed by atoms with Crippen molar-refractivity contribution in [2.45, 2.75) is 18.8 Å². The average molecular weight is 308 g/mol. The molecule has 2 amide bonds. The van der Waals surface area contributed by atoms with E-state index in [1.807, 2.05) is 18.2 Å². The van der Waals surface area contributed by atoms with Gasteiger partial charge in [0.2, 0.25) is 11.8 Å². The highest BCUT2D eigenvalue weighted by Gasteiger charge is 2.30. The van der Waals surface area contributed by atoms with E-state index in [2.05, 4.69) is 31.4 Å². The summed E-state index contributed by atoms with van der Waals surface area (Å²) in [6.07, 6.45) is 0.894. The molecule has 1 aromatic heterocycles. The molecule has 0 spiro atoms. The molecule has 1 unspecified atom stereocenters. The van der Waals surface area contributed by atoms with Gasteiger partial charge in [-0.15, -0.1) is 0 Å². The maximum absolute atomic E-state index is 11.8. The number of nitrogens with one attached hydrogen (secondary N) is 2. The zero-order chi connectivity index (χ0) is 12.7. The SMILES string of the molecule is O=C1CCC(c2[nH]nc3cc(Br)ccc23)C(=O)N1. The zero-order valence-corrected chi connectivity index (χ0v) is 11.0. The van der Waals surface area contributed by atoms with Crippen molar-refractivity contribution in [3.63, 3.8) is 0 Å². The number of aromatic amines is 1. The first-order chi connectivity index (χ1) is 8.65. The van der Waals surface area contributed by atoms with Crippen LogP contribution in [0, 0.1) is 0 Å². The lowest BCUT2D eigenvalue weighted by atomic mass is 9.93. The molecule has 3 rings (SSSR count). The van der Waals surface area contributed by atoms with Crippen LogP contribution in [0.1, 0.15) is 24.5 Å². The Kier molecular flexibility index (Phi) is 2.66. The third kappa shape index (κ3) is 1.82. The van der Waals surface area contributed by atoms with E-state index in [0.717, 1.165) is 21.1 Å². The Labute approximate surface area is 111 Å². The Morgan fingerprint density at radius 3 is 2.94 bits per heavy atom. The third-order valence-corrected chi connectivity index (χ3v) is 3.63. The lowest BCUT2D eigenvalue weighted by Crippen LogP contribution is -2.39. The topological polar surface area (TPSA) is 74.8 Å². The second kappa shape index (κ2) is 4.20. The average Bonchev–Trinajstić information content (AvgIpc) is 2.72. The predicted molar refractivity (Wildman–Crippen MR) is 68.9 cm³/mol. The van der Waals surface area contributed by atoms with E-state index < -0.39 is 0 Å². The molecule has 0 saturated carbocycles. The summed E-state index contributed by atoms with van der Waals surface area (Å²) in [5, 5.41) is 10.4. The normalized spacial score (nSPS) is 20.2. The first-order valence-electron chi connectivity index (χ1n) is 5.62. The number of nitrogens with zero attached hydrogens (tertiary/aromatic N) is 1. The van der Waals surface area contributed by atoms with Crippen LogP contribution in [0.5, 0.6) is 0 Å². The maximum Gasteiger partial charge on any atom is 0.235 e. The molecule has 1 atom stereocenters. The largest absolute Gasteiger partial charge is 0.296 e. The second-order valence-corrected chi connectivity index (χ2v) is 5.22. The van der Waals surface area contributed by atoms with Gasteiger partial charge in [0.15, 0.2) is 0 Å². The van der Waals surface area contributed by atoms with Crippen LogP contribution in [0.4, 0.5) is 0 Å². The molecule has 1 aliphatic rings. The van der Waals surface area contributed by atoms with Gasteiger partial charge in [-0.3, -0.25) is 20.0 Å².